The first-order chi connectivity index (χ1) is 13.2. The fourth-order valence-electron chi connectivity index (χ4n) is 4.67. The summed E-state index contributed by atoms with van der Waals surface area (Å²) in [5.74, 6) is 0.565. The molecule has 140 valence electrons. The van der Waals surface area contributed by atoms with Crippen molar-refractivity contribution in [2.75, 3.05) is 19.7 Å². The second-order valence-electron chi connectivity index (χ2n) is 8.06. The number of fused-ring (bicyclic) bond motifs is 1. The van der Waals surface area contributed by atoms with Gasteiger partial charge in [0, 0.05) is 11.9 Å². The molecular formula is C22H26N4O. The molecule has 1 unspecified atom stereocenters. The molecular weight excluding hydrogens is 336 g/mol. The highest BCUT2D eigenvalue weighted by Crippen LogP contribution is 2.38. The molecule has 1 spiro atoms. The molecule has 2 aliphatic heterocycles. The van der Waals surface area contributed by atoms with E-state index >= 15 is 0 Å². The first-order valence-electron chi connectivity index (χ1n) is 9.96. The van der Waals surface area contributed by atoms with Crippen molar-refractivity contribution in [3.8, 4) is 11.4 Å². The fourth-order valence-corrected chi connectivity index (χ4v) is 4.67. The van der Waals surface area contributed by atoms with Gasteiger partial charge >= 0.3 is 0 Å². The van der Waals surface area contributed by atoms with Crippen molar-refractivity contribution in [1.29, 1.82) is 0 Å². The second-order valence-corrected chi connectivity index (χ2v) is 8.06. The van der Waals surface area contributed by atoms with Gasteiger partial charge in [-0.1, -0.05) is 12.1 Å². The van der Waals surface area contributed by atoms with Crippen molar-refractivity contribution < 1.29 is 4.74 Å². The van der Waals surface area contributed by atoms with Crippen LogP contribution in [0.25, 0.3) is 17.0 Å². The number of hydrogen-bond donors (Lipinski definition) is 1. The van der Waals surface area contributed by atoms with E-state index in [4.69, 9.17) is 9.72 Å². The second kappa shape index (κ2) is 6.73. The van der Waals surface area contributed by atoms with Gasteiger partial charge in [-0.3, -0.25) is 9.38 Å². The van der Waals surface area contributed by atoms with Crippen LogP contribution in [0.15, 0.2) is 42.7 Å². The monoisotopic (exact) mass is 362 g/mol. The zero-order valence-electron chi connectivity index (χ0n) is 15.8. The number of aromatic nitrogens is 3. The summed E-state index contributed by atoms with van der Waals surface area (Å²) in [6.45, 7) is 5.11. The Morgan fingerprint density at radius 3 is 3.00 bits per heavy atom. The van der Waals surface area contributed by atoms with Gasteiger partial charge in [-0.2, -0.15) is 0 Å². The number of hydrogen-bond acceptors (Lipinski definition) is 4. The molecule has 1 N–H and O–H groups in total. The summed E-state index contributed by atoms with van der Waals surface area (Å²) in [6.07, 6.45) is 8.41. The molecule has 2 fully saturated rings. The Hall–Kier alpha value is -2.24. The van der Waals surface area contributed by atoms with Gasteiger partial charge in [0.25, 0.3) is 0 Å². The summed E-state index contributed by atoms with van der Waals surface area (Å²) in [4.78, 5) is 9.54. The van der Waals surface area contributed by atoms with Crippen LogP contribution < -0.4 is 5.32 Å². The van der Waals surface area contributed by atoms with Crippen LogP contribution in [-0.2, 0) is 11.2 Å². The SMILES string of the molecule is Cc1cccn2c(-c3cccc(CC4COC5(CCNCC5)C4)n3)cnc12. The number of aryl methyl sites for hydroxylation is 1. The van der Waals surface area contributed by atoms with E-state index in [1.165, 1.54) is 5.56 Å². The van der Waals surface area contributed by atoms with Crippen molar-refractivity contribution in [1.82, 2.24) is 19.7 Å². The molecule has 5 heteroatoms. The van der Waals surface area contributed by atoms with Crippen molar-refractivity contribution in [3.05, 3.63) is 54.0 Å². The lowest BCUT2D eigenvalue weighted by molar-refractivity contribution is -0.0196. The maximum absolute atomic E-state index is 6.26. The number of pyridine rings is 2. The third-order valence-corrected chi connectivity index (χ3v) is 6.10. The quantitative estimate of drug-likeness (QED) is 0.776. The van der Waals surface area contributed by atoms with Crippen LogP contribution in [0.2, 0.25) is 0 Å². The molecule has 1 atom stereocenters. The molecule has 2 saturated heterocycles. The lowest BCUT2D eigenvalue weighted by Gasteiger charge is -2.33. The van der Waals surface area contributed by atoms with Crippen LogP contribution in [0.1, 0.15) is 30.5 Å². The Bertz CT molecular complexity index is 958. The molecule has 27 heavy (non-hydrogen) atoms. The van der Waals surface area contributed by atoms with E-state index in [0.29, 0.717) is 5.92 Å². The molecule has 0 aliphatic carbocycles. The van der Waals surface area contributed by atoms with E-state index in [0.717, 1.165) is 68.1 Å². The van der Waals surface area contributed by atoms with Crippen molar-refractivity contribution in [3.63, 3.8) is 0 Å². The third-order valence-electron chi connectivity index (χ3n) is 6.10. The molecule has 2 aliphatic rings. The highest BCUT2D eigenvalue weighted by Gasteiger charge is 2.41. The van der Waals surface area contributed by atoms with Gasteiger partial charge in [-0.15, -0.1) is 0 Å². The molecule has 0 radical (unpaired) electrons. The van der Waals surface area contributed by atoms with Gasteiger partial charge in [0.1, 0.15) is 5.65 Å². The summed E-state index contributed by atoms with van der Waals surface area (Å²) in [6, 6.07) is 10.5. The van der Waals surface area contributed by atoms with Gasteiger partial charge in [-0.05, 0) is 75.4 Å². The summed E-state index contributed by atoms with van der Waals surface area (Å²) < 4.78 is 8.39. The minimum atomic E-state index is 0.118. The van der Waals surface area contributed by atoms with E-state index in [1.54, 1.807) is 0 Å². The van der Waals surface area contributed by atoms with Crippen molar-refractivity contribution in [2.24, 2.45) is 5.92 Å². The van der Waals surface area contributed by atoms with E-state index in [-0.39, 0.29) is 5.60 Å². The topological polar surface area (TPSA) is 51.5 Å². The summed E-state index contributed by atoms with van der Waals surface area (Å²) in [5.41, 5.74) is 5.48. The Balaban J connectivity index is 1.37. The van der Waals surface area contributed by atoms with Gasteiger partial charge in [0.05, 0.1) is 29.8 Å². The van der Waals surface area contributed by atoms with Gasteiger partial charge < -0.3 is 10.1 Å². The highest BCUT2D eigenvalue weighted by atomic mass is 16.5. The Labute approximate surface area is 159 Å². The van der Waals surface area contributed by atoms with Gasteiger partial charge in [0.2, 0.25) is 0 Å². The molecule has 3 aromatic heterocycles. The Morgan fingerprint density at radius 2 is 2.11 bits per heavy atom. The predicted molar refractivity (Wildman–Crippen MR) is 106 cm³/mol. The largest absolute Gasteiger partial charge is 0.375 e. The summed E-state index contributed by atoms with van der Waals surface area (Å²) in [7, 11) is 0. The van der Waals surface area contributed by atoms with E-state index < -0.39 is 0 Å². The Kier molecular flexibility index (Phi) is 4.21. The van der Waals surface area contributed by atoms with Crippen LogP contribution in [0.3, 0.4) is 0 Å². The summed E-state index contributed by atoms with van der Waals surface area (Å²) in [5, 5.41) is 3.44. The molecule has 5 heterocycles. The van der Waals surface area contributed by atoms with Crippen LogP contribution in [-0.4, -0.2) is 39.7 Å². The normalized spacial score (nSPS) is 21.9. The lowest BCUT2D eigenvalue weighted by Crippen LogP contribution is -2.41. The van der Waals surface area contributed by atoms with Gasteiger partial charge in [-0.25, -0.2) is 4.98 Å². The minimum absolute atomic E-state index is 0.118. The summed E-state index contributed by atoms with van der Waals surface area (Å²) >= 11 is 0. The van der Waals surface area contributed by atoms with E-state index in [9.17, 15) is 0 Å². The predicted octanol–water partition coefficient (Wildman–Crippen LogP) is 3.41. The molecule has 0 bridgehead atoms. The van der Waals surface area contributed by atoms with Crippen LogP contribution in [0.4, 0.5) is 0 Å². The molecule has 5 rings (SSSR count). The number of nitrogens with zero attached hydrogens (tertiary/aromatic N) is 3. The lowest BCUT2D eigenvalue weighted by atomic mass is 9.85. The maximum Gasteiger partial charge on any atom is 0.140 e. The minimum Gasteiger partial charge on any atom is -0.375 e. The van der Waals surface area contributed by atoms with Crippen molar-refractivity contribution >= 4 is 5.65 Å². The van der Waals surface area contributed by atoms with Gasteiger partial charge in [0.15, 0.2) is 0 Å². The Morgan fingerprint density at radius 1 is 1.22 bits per heavy atom. The van der Waals surface area contributed by atoms with Crippen LogP contribution >= 0.6 is 0 Å². The molecule has 3 aromatic rings. The zero-order chi connectivity index (χ0) is 18.3. The standard InChI is InChI=1S/C22H26N4O/c1-16-4-3-11-26-20(14-24-21(16)26)19-6-2-5-18(25-19)12-17-13-22(27-15-17)7-9-23-10-8-22/h2-6,11,14,17,23H,7-10,12-13,15H2,1H3. The molecule has 5 nitrogen and oxygen atoms in total. The van der Waals surface area contributed by atoms with Crippen LogP contribution in [0.5, 0.6) is 0 Å². The third kappa shape index (κ3) is 3.15. The van der Waals surface area contributed by atoms with E-state index in [1.807, 2.05) is 6.20 Å². The fraction of sp³-hybridized carbons (Fsp3) is 0.455. The van der Waals surface area contributed by atoms with Crippen LogP contribution in [0, 0.1) is 12.8 Å². The number of piperidine rings is 1. The maximum atomic E-state index is 6.26. The number of rotatable bonds is 3. The average molecular weight is 362 g/mol. The number of ether oxygens (including phenoxy) is 1. The first kappa shape index (κ1) is 16.9. The average Bonchev–Trinajstić information content (AvgIpc) is 3.28. The van der Waals surface area contributed by atoms with Crippen molar-refractivity contribution in [2.45, 2.75) is 38.2 Å². The van der Waals surface area contributed by atoms with E-state index in [2.05, 4.69) is 58.2 Å². The smallest absolute Gasteiger partial charge is 0.140 e. The highest BCUT2D eigenvalue weighted by molar-refractivity contribution is 5.62. The zero-order valence-corrected chi connectivity index (χ0v) is 15.8. The molecule has 0 amide bonds. The first-order valence-corrected chi connectivity index (χ1v) is 9.96. The number of imidazole rings is 1. The number of nitrogens with one attached hydrogen (secondary N) is 1. The molecule has 0 saturated carbocycles. The molecule has 0 aromatic carbocycles.